The summed E-state index contributed by atoms with van der Waals surface area (Å²) in [7, 11) is 0. The Labute approximate surface area is 137 Å². The van der Waals surface area contributed by atoms with Crippen molar-refractivity contribution in [2.45, 2.75) is 32.1 Å². The van der Waals surface area contributed by atoms with E-state index in [1.54, 1.807) is 0 Å². The topological polar surface area (TPSA) is 25.8 Å². The zero-order valence-electron chi connectivity index (χ0n) is 9.73. The Hall–Kier alpha value is 0.950. The van der Waals surface area contributed by atoms with Crippen LogP contribution < -0.4 is 0 Å². The molecule has 2 nitrogen and oxygen atoms in total. The summed E-state index contributed by atoms with van der Waals surface area (Å²) in [4.78, 5) is 0. The first kappa shape index (κ1) is 16.0. The second-order valence-corrected chi connectivity index (χ2v) is 6.49. The molecule has 1 heterocycles. The summed E-state index contributed by atoms with van der Waals surface area (Å²) in [6.07, 6.45) is 1.60. The minimum Gasteiger partial charge on any atom is -0.250 e. The molecule has 0 saturated carbocycles. The summed E-state index contributed by atoms with van der Waals surface area (Å²) in [6, 6.07) is 0. The van der Waals surface area contributed by atoms with Crippen molar-refractivity contribution in [2.24, 2.45) is 0 Å². The number of aromatic nitrogens is 2. The van der Waals surface area contributed by atoms with Crippen LogP contribution in [0.25, 0.3) is 0 Å². The summed E-state index contributed by atoms with van der Waals surface area (Å²) in [5.41, 5.74) is 1.68. The van der Waals surface area contributed by atoms with Crippen molar-refractivity contribution >= 4 is 61.1 Å². The van der Waals surface area contributed by atoms with E-state index in [9.17, 15) is 4.39 Å². The number of halogens is 4. The van der Waals surface area contributed by atoms with Gasteiger partial charge in [0.25, 0.3) is 0 Å². The van der Waals surface area contributed by atoms with Crippen molar-refractivity contribution < 1.29 is 4.39 Å². The fourth-order valence-electron chi connectivity index (χ4n) is 1.82. The minimum absolute atomic E-state index is 0.375. The highest BCUT2D eigenvalue weighted by Crippen LogP contribution is 2.36. The number of alkyl halides is 2. The van der Waals surface area contributed by atoms with Crippen LogP contribution in [-0.2, 0) is 11.8 Å². The molecule has 17 heavy (non-hydrogen) atoms. The molecule has 0 aliphatic carbocycles. The van der Waals surface area contributed by atoms with E-state index in [-0.39, 0.29) is 6.67 Å². The van der Waals surface area contributed by atoms with Crippen LogP contribution in [0.3, 0.4) is 0 Å². The zero-order chi connectivity index (χ0) is 13.1. The van der Waals surface area contributed by atoms with E-state index < -0.39 is 5.41 Å². The van der Waals surface area contributed by atoms with Crippen molar-refractivity contribution in [1.29, 1.82) is 0 Å². The summed E-state index contributed by atoms with van der Waals surface area (Å²) >= 11 is 7.79. The maximum absolute atomic E-state index is 13.5. The Kier molecular flexibility index (Phi) is 6.52. The molecule has 0 bridgehead atoms. The molecule has 1 rings (SSSR count). The summed E-state index contributed by atoms with van der Waals surface area (Å²) in [5, 5.41) is 8.87. The van der Waals surface area contributed by atoms with Gasteiger partial charge in [-0.3, -0.25) is 4.39 Å². The monoisotopic (exact) mass is 526 g/mol. The fraction of sp³-hybridized carbons (Fsp3) is 0.636. The van der Waals surface area contributed by atoms with Gasteiger partial charge in [-0.1, -0.05) is 29.8 Å². The third-order valence-electron chi connectivity index (χ3n) is 3.05. The fourth-order valence-corrected chi connectivity index (χ4v) is 4.41. The van der Waals surface area contributed by atoms with Crippen LogP contribution in [0, 0.1) is 7.40 Å². The molecule has 0 aliphatic rings. The molecular weight excluding hydrogens is 513 g/mol. The maximum atomic E-state index is 13.5. The van der Waals surface area contributed by atoms with Gasteiger partial charge in [0.05, 0.1) is 6.67 Å². The van der Waals surface area contributed by atoms with Gasteiger partial charge in [0.2, 0.25) is 0 Å². The van der Waals surface area contributed by atoms with E-state index in [0.717, 1.165) is 31.4 Å². The van der Waals surface area contributed by atoms with E-state index in [0.29, 0.717) is 5.33 Å². The number of nitrogens with zero attached hydrogens (tertiary/aromatic N) is 2. The van der Waals surface area contributed by atoms with E-state index in [1.165, 1.54) is 0 Å². The van der Waals surface area contributed by atoms with Gasteiger partial charge in [0.15, 0.2) is 0 Å². The smallest absolute Gasteiger partial charge is 0.128 e. The van der Waals surface area contributed by atoms with Gasteiger partial charge in [0.1, 0.15) is 7.40 Å². The molecule has 6 heteroatoms. The van der Waals surface area contributed by atoms with E-state index in [1.807, 2.05) is 6.92 Å². The average molecular weight is 527 g/mol. The number of rotatable bonds is 5. The Bertz CT molecular complexity index is 389. The van der Waals surface area contributed by atoms with Crippen molar-refractivity contribution in [3.8, 4) is 0 Å². The van der Waals surface area contributed by atoms with Crippen LogP contribution in [-0.4, -0.2) is 22.2 Å². The van der Waals surface area contributed by atoms with Crippen molar-refractivity contribution in [1.82, 2.24) is 10.2 Å². The second kappa shape index (κ2) is 6.93. The highest BCUT2D eigenvalue weighted by molar-refractivity contribution is 14.1. The first-order chi connectivity index (χ1) is 8.06. The predicted molar refractivity (Wildman–Crippen MR) is 88.6 cm³/mol. The van der Waals surface area contributed by atoms with Gasteiger partial charge in [-0.05, 0) is 63.6 Å². The van der Waals surface area contributed by atoms with Crippen LogP contribution in [0.5, 0.6) is 0 Å². The Morgan fingerprint density at radius 1 is 1.24 bits per heavy atom. The highest BCUT2D eigenvalue weighted by atomic mass is 127. The van der Waals surface area contributed by atoms with Gasteiger partial charge in [-0.15, -0.1) is 10.2 Å². The molecule has 0 aromatic carbocycles. The highest BCUT2D eigenvalue weighted by Gasteiger charge is 2.35. The molecule has 1 aromatic rings. The van der Waals surface area contributed by atoms with Crippen molar-refractivity contribution in [3.05, 3.63) is 18.5 Å². The molecular formula is C11H14BrFI2N2. The normalized spacial score (nSPS) is 14.7. The van der Waals surface area contributed by atoms with Crippen LogP contribution in [0.4, 0.5) is 4.39 Å². The van der Waals surface area contributed by atoms with E-state index >= 15 is 0 Å². The van der Waals surface area contributed by atoms with Crippen molar-refractivity contribution in [3.63, 3.8) is 0 Å². The number of hydrogen-bond donors (Lipinski definition) is 0. The lowest BCUT2D eigenvalue weighted by molar-refractivity contribution is 0.321. The lowest BCUT2D eigenvalue weighted by Gasteiger charge is -2.30. The average Bonchev–Trinajstić information content (AvgIpc) is 2.36. The third kappa shape index (κ3) is 3.10. The number of hydrogen-bond acceptors (Lipinski definition) is 2. The molecule has 0 saturated heterocycles. The lowest BCUT2D eigenvalue weighted by Crippen LogP contribution is -2.33. The standard InChI is InChI=1S/C11H14BrFI2N2/c1-3-7-8(10(15)17-16-9(7)14)11(4-2,5-12)6-13/h3-6H2,1-2H3. The largest absolute Gasteiger partial charge is 0.250 e. The molecule has 1 aromatic heterocycles. The summed E-state index contributed by atoms with van der Waals surface area (Å²) in [6.45, 7) is 3.72. The molecule has 0 spiro atoms. The Morgan fingerprint density at radius 3 is 2.24 bits per heavy atom. The molecule has 0 fully saturated rings. The van der Waals surface area contributed by atoms with Gasteiger partial charge in [-0.25, -0.2) is 0 Å². The Balaban J connectivity index is 3.51. The molecule has 1 atom stereocenters. The van der Waals surface area contributed by atoms with E-state index in [2.05, 4.69) is 78.2 Å². The predicted octanol–water partition coefficient (Wildman–Crippen LogP) is 4.26. The van der Waals surface area contributed by atoms with Crippen LogP contribution >= 0.6 is 61.1 Å². The Morgan fingerprint density at radius 2 is 1.82 bits per heavy atom. The minimum atomic E-state index is -0.474. The molecule has 0 radical (unpaired) electrons. The first-order valence-electron chi connectivity index (χ1n) is 5.39. The van der Waals surface area contributed by atoms with Gasteiger partial charge < -0.3 is 0 Å². The van der Waals surface area contributed by atoms with Gasteiger partial charge >= 0.3 is 0 Å². The van der Waals surface area contributed by atoms with Crippen molar-refractivity contribution in [2.75, 3.05) is 12.0 Å². The van der Waals surface area contributed by atoms with Crippen LogP contribution in [0.2, 0.25) is 0 Å². The summed E-state index contributed by atoms with van der Waals surface area (Å²) < 4.78 is 15.2. The van der Waals surface area contributed by atoms with E-state index in [4.69, 9.17) is 0 Å². The zero-order valence-corrected chi connectivity index (χ0v) is 15.6. The first-order valence-corrected chi connectivity index (χ1v) is 8.67. The maximum Gasteiger partial charge on any atom is 0.128 e. The van der Waals surface area contributed by atoms with Crippen LogP contribution in [0.1, 0.15) is 31.4 Å². The van der Waals surface area contributed by atoms with Gasteiger partial charge in [-0.2, -0.15) is 0 Å². The molecule has 96 valence electrons. The lowest BCUT2D eigenvalue weighted by atomic mass is 9.79. The molecule has 0 amide bonds. The molecule has 0 N–H and O–H groups in total. The summed E-state index contributed by atoms with van der Waals surface area (Å²) in [5.74, 6) is 0. The van der Waals surface area contributed by atoms with Crippen LogP contribution in [0.15, 0.2) is 0 Å². The third-order valence-corrected chi connectivity index (χ3v) is 5.75. The SMILES string of the molecule is CCc1c(I)nnc(I)c1C(CC)(CF)CBr. The quantitative estimate of drug-likeness (QED) is 0.423. The van der Waals surface area contributed by atoms with Gasteiger partial charge in [0, 0.05) is 16.3 Å². The molecule has 0 aliphatic heterocycles. The second-order valence-electron chi connectivity index (χ2n) is 3.89. The molecule has 1 unspecified atom stereocenters.